The number of nitrogens with zero attached hydrogens (tertiary/aromatic N) is 2. The van der Waals surface area contributed by atoms with Crippen molar-refractivity contribution in [2.75, 3.05) is 5.73 Å². The number of hydrogen-bond acceptors (Lipinski definition) is 2. The smallest absolute Gasteiger partial charge is 0.126 e. The molecule has 0 aromatic carbocycles. The number of anilines is 1. The highest BCUT2D eigenvalue weighted by Crippen LogP contribution is 2.40. The summed E-state index contributed by atoms with van der Waals surface area (Å²) in [5, 5.41) is 0. The fourth-order valence-corrected chi connectivity index (χ4v) is 2.73. The first-order valence-electron chi connectivity index (χ1n) is 8.12. The third-order valence-corrected chi connectivity index (χ3v) is 4.02. The van der Waals surface area contributed by atoms with Gasteiger partial charge in [-0.05, 0) is 32.1 Å². The molecule has 2 N–H and O–H groups in total. The van der Waals surface area contributed by atoms with Crippen molar-refractivity contribution in [2.24, 2.45) is 0 Å². The van der Waals surface area contributed by atoms with Gasteiger partial charge in [-0.2, -0.15) is 0 Å². The molecular weight excluding hydrogens is 234 g/mol. The summed E-state index contributed by atoms with van der Waals surface area (Å²) in [6.45, 7) is 5.49. The Morgan fingerprint density at radius 1 is 1.11 bits per heavy atom. The van der Waals surface area contributed by atoms with Gasteiger partial charge >= 0.3 is 0 Å². The van der Waals surface area contributed by atoms with Gasteiger partial charge in [0.25, 0.3) is 0 Å². The maximum Gasteiger partial charge on any atom is 0.126 e. The van der Waals surface area contributed by atoms with Crippen LogP contribution in [0.5, 0.6) is 0 Å². The van der Waals surface area contributed by atoms with Gasteiger partial charge in [0, 0.05) is 12.5 Å². The summed E-state index contributed by atoms with van der Waals surface area (Å²) >= 11 is 0. The lowest BCUT2D eigenvalue weighted by Crippen LogP contribution is -2.06. The minimum absolute atomic E-state index is 0.697. The van der Waals surface area contributed by atoms with Crippen molar-refractivity contribution in [1.82, 2.24) is 9.55 Å². The lowest BCUT2D eigenvalue weighted by atomic mass is 10.1. The van der Waals surface area contributed by atoms with Crippen LogP contribution in [0.4, 0.5) is 5.82 Å². The summed E-state index contributed by atoms with van der Waals surface area (Å²) < 4.78 is 2.28. The molecule has 0 radical (unpaired) electrons. The molecule has 0 atom stereocenters. The first-order valence-corrected chi connectivity index (χ1v) is 8.12. The second kappa shape index (κ2) is 6.97. The Hall–Kier alpha value is -0.990. The molecule has 0 bridgehead atoms. The van der Waals surface area contributed by atoms with Crippen molar-refractivity contribution in [1.29, 1.82) is 0 Å². The van der Waals surface area contributed by atoms with Gasteiger partial charge in [-0.15, -0.1) is 0 Å². The molecule has 3 nitrogen and oxygen atoms in total. The molecule has 1 heterocycles. The predicted octanol–water partition coefficient (Wildman–Crippen LogP) is 4.27. The predicted molar refractivity (Wildman–Crippen MR) is 81.4 cm³/mol. The largest absolute Gasteiger partial charge is 0.384 e. The van der Waals surface area contributed by atoms with Crippen molar-refractivity contribution in [3.63, 3.8) is 0 Å². The molecule has 1 fully saturated rings. The number of unbranched alkanes of at least 4 members (excludes halogenated alkanes) is 4. The number of hydrogen-bond donors (Lipinski definition) is 1. The van der Waals surface area contributed by atoms with Gasteiger partial charge in [-0.3, -0.25) is 0 Å². The van der Waals surface area contributed by atoms with E-state index in [0.29, 0.717) is 5.92 Å². The molecule has 1 aliphatic carbocycles. The molecule has 0 unspecified atom stereocenters. The number of aryl methyl sites for hydroxylation is 1. The van der Waals surface area contributed by atoms with Gasteiger partial charge in [0.2, 0.25) is 0 Å². The molecule has 2 rings (SSSR count). The highest BCUT2D eigenvalue weighted by atomic mass is 15.1. The van der Waals surface area contributed by atoms with Gasteiger partial charge in [-0.25, -0.2) is 4.98 Å². The molecule has 0 aliphatic heterocycles. The lowest BCUT2D eigenvalue weighted by Gasteiger charge is -2.07. The topological polar surface area (TPSA) is 43.8 Å². The van der Waals surface area contributed by atoms with Crippen LogP contribution in [0, 0.1) is 0 Å². The van der Waals surface area contributed by atoms with E-state index in [-0.39, 0.29) is 0 Å². The minimum atomic E-state index is 0.697. The van der Waals surface area contributed by atoms with Crippen LogP contribution < -0.4 is 5.73 Å². The van der Waals surface area contributed by atoms with Crippen LogP contribution in [0.25, 0.3) is 0 Å². The second-order valence-corrected chi connectivity index (χ2v) is 5.89. The molecule has 0 saturated heterocycles. The average Bonchev–Trinajstić information content (AvgIpc) is 3.19. The van der Waals surface area contributed by atoms with Gasteiger partial charge in [0.1, 0.15) is 11.6 Å². The van der Waals surface area contributed by atoms with Gasteiger partial charge in [0.05, 0.1) is 5.69 Å². The molecule has 1 aromatic rings. The standard InChI is InChI=1S/C16H29N3/c1-3-5-6-7-8-9-14-15(17)19(12-4-2)16(18-14)13-10-11-13/h13H,3-12,17H2,1-2H3. The van der Waals surface area contributed by atoms with Crippen LogP contribution in [0.3, 0.4) is 0 Å². The normalized spacial score (nSPS) is 15.1. The van der Waals surface area contributed by atoms with E-state index in [1.807, 2.05) is 0 Å². The molecule has 108 valence electrons. The van der Waals surface area contributed by atoms with Gasteiger partial charge in [-0.1, -0.05) is 39.5 Å². The lowest BCUT2D eigenvalue weighted by molar-refractivity contribution is 0.629. The zero-order valence-electron chi connectivity index (χ0n) is 12.6. The van der Waals surface area contributed by atoms with E-state index in [1.54, 1.807) is 0 Å². The highest BCUT2D eigenvalue weighted by molar-refractivity contribution is 5.40. The summed E-state index contributed by atoms with van der Waals surface area (Å²) in [6, 6.07) is 0. The third-order valence-electron chi connectivity index (χ3n) is 4.02. The van der Waals surface area contributed by atoms with E-state index in [4.69, 9.17) is 10.7 Å². The Morgan fingerprint density at radius 2 is 1.84 bits per heavy atom. The van der Waals surface area contributed by atoms with E-state index in [0.717, 1.165) is 30.9 Å². The number of imidazole rings is 1. The molecule has 0 spiro atoms. The molecule has 3 heteroatoms. The fourth-order valence-electron chi connectivity index (χ4n) is 2.73. The summed E-state index contributed by atoms with van der Waals surface area (Å²) in [5.41, 5.74) is 7.46. The number of aromatic nitrogens is 2. The summed E-state index contributed by atoms with van der Waals surface area (Å²) in [6.07, 6.45) is 11.4. The number of nitrogens with two attached hydrogens (primary N) is 1. The number of rotatable bonds is 9. The second-order valence-electron chi connectivity index (χ2n) is 5.89. The Bertz CT molecular complexity index is 391. The summed E-state index contributed by atoms with van der Waals surface area (Å²) in [4.78, 5) is 4.85. The zero-order chi connectivity index (χ0) is 13.7. The van der Waals surface area contributed by atoms with Crippen molar-refractivity contribution in [2.45, 2.75) is 84.1 Å². The third kappa shape index (κ3) is 3.74. The van der Waals surface area contributed by atoms with Gasteiger partial charge < -0.3 is 10.3 Å². The molecule has 1 aromatic heterocycles. The minimum Gasteiger partial charge on any atom is -0.384 e. The highest BCUT2D eigenvalue weighted by Gasteiger charge is 2.30. The van der Waals surface area contributed by atoms with E-state index < -0.39 is 0 Å². The number of nitrogen functional groups attached to an aromatic ring is 1. The SMILES string of the molecule is CCCCCCCc1nc(C2CC2)n(CCC)c1N. The fraction of sp³-hybridized carbons (Fsp3) is 0.812. The quantitative estimate of drug-likeness (QED) is 0.676. The van der Waals surface area contributed by atoms with Gasteiger partial charge in [0.15, 0.2) is 0 Å². The van der Waals surface area contributed by atoms with Crippen LogP contribution in [-0.4, -0.2) is 9.55 Å². The van der Waals surface area contributed by atoms with Crippen LogP contribution in [-0.2, 0) is 13.0 Å². The van der Waals surface area contributed by atoms with Crippen molar-refractivity contribution < 1.29 is 0 Å². The monoisotopic (exact) mass is 263 g/mol. The Labute approximate surface area is 117 Å². The molecular formula is C16H29N3. The average molecular weight is 263 g/mol. The molecule has 0 amide bonds. The summed E-state index contributed by atoms with van der Waals surface area (Å²) in [7, 11) is 0. The van der Waals surface area contributed by atoms with Crippen molar-refractivity contribution in [3.05, 3.63) is 11.5 Å². The Kier molecular flexibility index (Phi) is 5.29. The van der Waals surface area contributed by atoms with E-state index in [1.165, 1.54) is 50.8 Å². The van der Waals surface area contributed by atoms with E-state index in [9.17, 15) is 0 Å². The first-order chi connectivity index (χ1) is 9.27. The molecule has 19 heavy (non-hydrogen) atoms. The van der Waals surface area contributed by atoms with Crippen LogP contribution >= 0.6 is 0 Å². The van der Waals surface area contributed by atoms with Crippen LogP contribution in [0.2, 0.25) is 0 Å². The van der Waals surface area contributed by atoms with E-state index in [2.05, 4.69) is 18.4 Å². The summed E-state index contributed by atoms with van der Waals surface area (Å²) in [5.74, 6) is 2.91. The molecule has 1 aliphatic rings. The molecule has 1 saturated carbocycles. The van der Waals surface area contributed by atoms with E-state index >= 15 is 0 Å². The van der Waals surface area contributed by atoms with Crippen LogP contribution in [0.15, 0.2) is 0 Å². The Balaban J connectivity index is 1.94. The van der Waals surface area contributed by atoms with Crippen molar-refractivity contribution in [3.8, 4) is 0 Å². The first kappa shape index (κ1) is 14.4. The van der Waals surface area contributed by atoms with Crippen molar-refractivity contribution >= 4 is 5.82 Å². The zero-order valence-corrected chi connectivity index (χ0v) is 12.6. The Morgan fingerprint density at radius 3 is 2.47 bits per heavy atom. The van der Waals surface area contributed by atoms with Crippen LogP contribution in [0.1, 0.15) is 82.7 Å². The maximum absolute atomic E-state index is 6.30. The maximum atomic E-state index is 6.30.